The number of ether oxygens (including phenoxy) is 1. The van der Waals surface area contributed by atoms with Gasteiger partial charge in [-0.15, -0.1) is 0 Å². The number of hydrogen-bond donors (Lipinski definition) is 1. The predicted octanol–water partition coefficient (Wildman–Crippen LogP) is 2.99. The molecule has 2 aromatic rings. The van der Waals surface area contributed by atoms with Gasteiger partial charge in [-0.25, -0.2) is 0 Å². The Balaban J connectivity index is 1.64. The fraction of sp³-hybridized carbons (Fsp3) is 0.438. The van der Waals surface area contributed by atoms with Crippen LogP contribution >= 0.6 is 11.6 Å². The van der Waals surface area contributed by atoms with Crippen molar-refractivity contribution in [3.8, 4) is 11.4 Å². The van der Waals surface area contributed by atoms with Crippen molar-refractivity contribution < 1.29 is 14.1 Å². The summed E-state index contributed by atoms with van der Waals surface area (Å²) in [5.41, 5.74) is 0.809. The second kappa shape index (κ2) is 7.10. The van der Waals surface area contributed by atoms with Crippen molar-refractivity contribution in [3.05, 3.63) is 35.2 Å². The van der Waals surface area contributed by atoms with Crippen molar-refractivity contribution in [2.75, 3.05) is 13.2 Å². The summed E-state index contributed by atoms with van der Waals surface area (Å²) in [6.07, 6.45) is 1.76. The Bertz CT molecular complexity index is 665. The number of rotatable bonds is 4. The zero-order valence-corrected chi connectivity index (χ0v) is 13.5. The maximum absolute atomic E-state index is 12.2. The van der Waals surface area contributed by atoms with Crippen molar-refractivity contribution in [2.24, 2.45) is 5.92 Å². The Morgan fingerprint density at radius 1 is 1.39 bits per heavy atom. The number of hydrogen-bond acceptors (Lipinski definition) is 5. The molecule has 7 heteroatoms. The van der Waals surface area contributed by atoms with Crippen molar-refractivity contribution in [2.45, 2.75) is 25.8 Å². The van der Waals surface area contributed by atoms with E-state index in [1.165, 1.54) is 0 Å². The van der Waals surface area contributed by atoms with E-state index in [2.05, 4.69) is 15.5 Å². The molecule has 0 spiro atoms. The maximum atomic E-state index is 12.2. The molecule has 1 amide bonds. The fourth-order valence-corrected chi connectivity index (χ4v) is 2.59. The van der Waals surface area contributed by atoms with E-state index in [-0.39, 0.29) is 17.9 Å². The summed E-state index contributed by atoms with van der Waals surface area (Å²) in [6, 6.07) is 6.82. The van der Waals surface area contributed by atoms with Crippen LogP contribution in [-0.2, 0) is 9.53 Å². The van der Waals surface area contributed by atoms with Crippen LogP contribution in [0.3, 0.4) is 0 Å². The van der Waals surface area contributed by atoms with Crippen LogP contribution in [0.1, 0.15) is 31.7 Å². The molecule has 0 saturated carbocycles. The number of nitrogens with zero attached hydrogens (tertiary/aromatic N) is 2. The number of benzene rings is 1. The molecule has 1 N–H and O–H groups in total. The summed E-state index contributed by atoms with van der Waals surface area (Å²) in [5.74, 6) is 0.701. The third-order valence-corrected chi connectivity index (χ3v) is 4.06. The molecule has 1 aliphatic heterocycles. The molecule has 23 heavy (non-hydrogen) atoms. The van der Waals surface area contributed by atoms with Gasteiger partial charge < -0.3 is 14.6 Å². The molecule has 3 rings (SSSR count). The van der Waals surface area contributed by atoms with Gasteiger partial charge in [0.05, 0.1) is 12.5 Å². The quantitative estimate of drug-likeness (QED) is 0.929. The normalized spacial score (nSPS) is 19.3. The van der Waals surface area contributed by atoms with Gasteiger partial charge >= 0.3 is 0 Å². The molecule has 0 unspecified atom stereocenters. The lowest BCUT2D eigenvalue weighted by Crippen LogP contribution is -2.37. The van der Waals surface area contributed by atoms with E-state index in [1.807, 2.05) is 19.1 Å². The highest BCUT2D eigenvalue weighted by Gasteiger charge is 2.25. The monoisotopic (exact) mass is 335 g/mol. The molecule has 2 heterocycles. The van der Waals surface area contributed by atoms with Crippen molar-refractivity contribution in [1.29, 1.82) is 0 Å². The average molecular weight is 336 g/mol. The lowest BCUT2D eigenvalue weighted by atomic mass is 10.0. The third-order valence-electron chi connectivity index (χ3n) is 3.80. The molecular weight excluding hydrogens is 318 g/mol. The Morgan fingerprint density at radius 2 is 2.17 bits per heavy atom. The zero-order valence-electron chi connectivity index (χ0n) is 12.8. The molecule has 1 aromatic carbocycles. The van der Waals surface area contributed by atoms with Crippen molar-refractivity contribution >= 4 is 17.5 Å². The Labute approximate surface area is 139 Å². The van der Waals surface area contributed by atoms with E-state index in [0.29, 0.717) is 23.3 Å². The number of nitrogens with one attached hydrogen (secondary N) is 1. The maximum Gasteiger partial charge on any atom is 0.249 e. The lowest BCUT2D eigenvalue weighted by Gasteiger charge is -2.22. The molecule has 1 aromatic heterocycles. The second-order valence-corrected chi connectivity index (χ2v) is 6.04. The van der Waals surface area contributed by atoms with Gasteiger partial charge in [0.25, 0.3) is 0 Å². The van der Waals surface area contributed by atoms with Gasteiger partial charge in [-0.2, -0.15) is 4.98 Å². The molecular formula is C16H18ClN3O3. The highest BCUT2D eigenvalue weighted by molar-refractivity contribution is 6.30. The molecule has 6 nitrogen and oxygen atoms in total. The Morgan fingerprint density at radius 3 is 2.87 bits per heavy atom. The topological polar surface area (TPSA) is 77.2 Å². The van der Waals surface area contributed by atoms with Crippen LogP contribution in [-0.4, -0.2) is 29.3 Å². The smallest absolute Gasteiger partial charge is 0.249 e. The first-order chi connectivity index (χ1) is 11.1. The van der Waals surface area contributed by atoms with Gasteiger partial charge in [0, 0.05) is 17.2 Å². The van der Waals surface area contributed by atoms with E-state index in [9.17, 15) is 4.79 Å². The SMILES string of the molecule is C[C@H](NC(=O)[C@@H]1CCCOC1)c1nc(-c2ccc(Cl)cc2)no1. The zero-order chi connectivity index (χ0) is 16.2. The van der Waals surface area contributed by atoms with Gasteiger partial charge in [-0.3, -0.25) is 4.79 Å². The van der Waals surface area contributed by atoms with E-state index in [1.54, 1.807) is 12.1 Å². The van der Waals surface area contributed by atoms with Crippen LogP contribution in [0.2, 0.25) is 5.02 Å². The molecule has 0 radical (unpaired) electrons. The third kappa shape index (κ3) is 3.89. The van der Waals surface area contributed by atoms with Gasteiger partial charge in [-0.05, 0) is 44.0 Å². The molecule has 0 bridgehead atoms. The van der Waals surface area contributed by atoms with E-state index < -0.39 is 0 Å². The van der Waals surface area contributed by atoms with Crippen LogP contribution in [0.5, 0.6) is 0 Å². The molecule has 122 valence electrons. The largest absolute Gasteiger partial charge is 0.381 e. The average Bonchev–Trinajstić information content (AvgIpc) is 3.06. The van der Waals surface area contributed by atoms with Crippen LogP contribution < -0.4 is 5.32 Å². The molecule has 1 saturated heterocycles. The Hall–Kier alpha value is -1.92. The summed E-state index contributed by atoms with van der Waals surface area (Å²) in [5, 5.41) is 7.50. The summed E-state index contributed by atoms with van der Waals surface area (Å²) in [4.78, 5) is 16.5. The first-order valence-electron chi connectivity index (χ1n) is 7.61. The highest BCUT2D eigenvalue weighted by Crippen LogP contribution is 2.21. The minimum absolute atomic E-state index is 0.0385. The second-order valence-electron chi connectivity index (χ2n) is 5.61. The Kier molecular flexibility index (Phi) is 4.93. The standard InChI is InChI=1S/C16H18ClN3O3/c1-10(18-15(21)12-3-2-8-22-9-12)16-19-14(20-23-16)11-4-6-13(17)7-5-11/h4-7,10,12H,2-3,8-9H2,1H3,(H,18,21)/t10-,12+/m0/s1. The minimum atomic E-state index is -0.349. The molecule has 2 atom stereocenters. The van der Waals surface area contributed by atoms with E-state index in [0.717, 1.165) is 25.0 Å². The van der Waals surface area contributed by atoms with Gasteiger partial charge in [0.2, 0.25) is 17.6 Å². The van der Waals surface area contributed by atoms with E-state index in [4.69, 9.17) is 20.9 Å². The van der Waals surface area contributed by atoms with Gasteiger partial charge in [0.15, 0.2) is 0 Å². The summed E-state index contributed by atoms with van der Waals surface area (Å²) < 4.78 is 10.6. The van der Waals surface area contributed by atoms with Crippen LogP contribution in [0.25, 0.3) is 11.4 Å². The highest BCUT2D eigenvalue weighted by atomic mass is 35.5. The predicted molar refractivity (Wildman–Crippen MR) is 84.8 cm³/mol. The van der Waals surface area contributed by atoms with Crippen molar-refractivity contribution in [3.63, 3.8) is 0 Å². The van der Waals surface area contributed by atoms with Gasteiger partial charge in [0.1, 0.15) is 6.04 Å². The summed E-state index contributed by atoms with van der Waals surface area (Å²) >= 11 is 5.86. The van der Waals surface area contributed by atoms with Crippen LogP contribution in [0.15, 0.2) is 28.8 Å². The number of halogens is 1. The first-order valence-corrected chi connectivity index (χ1v) is 7.99. The first kappa shape index (κ1) is 16.0. The summed E-state index contributed by atoms with van der Waals surface area (Å²) in [6.45, 7) is 3.02. The minimum Gasteiger partial charge on any atom is -0.381 e. The summed E-state index contributed by atoms with van der Waals surface area (Å²) in [7, 11) is 0. The van der Waals surface area contributed by atoms with Gasteiger partial charge in [-0.1, -0.05) is 16.8 Å². The molecule has 0 aliphatic carbocycles. The van der Waals surface area contributed by atoms with Crippen LogP contribution in [0, 0.1) is 5.92 Å². The number of carbonyl (C=O) groups excluding carboxylic acids is 1. The lowest BCUT2D eigenvalue weighted by molar-refractivity contribution is -0.129. The number of amides is 1. The molecule has 1 aliphatic rings. The number of carbonyl (C=O) groups is 1. The number of aromatic nitrogens is 2. The fourth-order valence-electron chi connectivity index (χ4n) is 2.47. The van der Waals surface area contributed by atoms with E-state index >= 15 is 0 Å². The van der Waals surface area contributed by atoms with Crippen molar-refractivity contribution in [1.82, 2.24) is 15.5 Å². The molecule has 1 fully saturated rings. The van der Waals surface area contributed by atoms with Crippen LogP contribution in [0.4, 0.5) is 0 Å².